The topological polar surface area (TPSA) is 26.3 Å². The van der Waals surface area contributed by atoms with Crippen LogP contribution in [-0.4, -0.2) is 18.1 Å². The second kappa shape index (κ2) is 4.73. The van der Waals surface area contributed by atoms with Gasteiger partial charge in [0.2, 0.25) is 0 Å². The van der Waals surface area contributed by atoms with Gasteiger partial charge in [-0.05, 0) is 26.0 Å². The van der Waals surface area contributed by atoms with Crippen LogP contribution in [0.4, 0.5) is 17.6 Å². The van der Waals surface area contributed by atoms with E-state index in [2.05, 4.69) is 0 Å². The number of hydrogen-bond acceptors (Lipinski definition) is 2. The van der Waals surface area contributed by atoms with Crippen molar-refractivity contribution >= 4 is 5.78 Å². The van der Waals surface area contributed by atoms with Crippen LogP contribution in [0.1, 0.15) is 24.2 Å². The van der Waals surface area contributed by atoms with Crippen molar-refractivity contribution in [3.05, 3.63) is 29.6 Å². The lowest BCUT2D eigenvalue weighted by Crippen LogP contribution is -2.24. The minimum atomic E-state index is -5.10. The molecule has 0 spiro atoms. The van der Waals surface area contributed by atoms with Gasteiger partial charge >= 0.3 is 6.18 Å². The van der Waals surface area contributed by atoms with Gasteiger partial charge in [0, 0.05) is 0 Å². The lowest BCUT2D eigenvalue weighted by atomic mass is 10.1. The minimum absolute atomic E-state index is 0.366. The molecule has 1 aromatic rings. The first-order valence-corrected chi connectivity index (χ1v) is 4.80. The molecule has 94 valence electrons. The van der Waals surface area contributed by atoms with Crippen molar-refractivity contribution in [3.8, 4) is 5.75 Å². The Morgan fingerprint density at radius 3 is 2.35 bits per heavy atom. The third-order valence-corrected chi connectivity index (χ3v) is 1.83. The number of benzene rings is 1. The van der Waals surface area contributed by atoms with Gasteiger partial charge < -0.3 is 4.74 Å². The van der Waals surface area contributed by atoms with E-state index in [4.69, 9.17) is 4.74 Å². The quantitative estimate of drug-likeness (QED) is 0.607. The summed E-state index contributed by atoms with van der Waals surface area (Å²) < 4.78 is 55.0. The smallest absolute Gasteiger partial charge is 0.454 e. The van der Waals surface area contributed by atoms with Crippen molar-refractivity contribution in [3.63, 3.8) is 0 Å². The zero-order chi connectivity index (χ0) is 13.2. The van der Waals surface area contributed by atoms with Gasteiger partial charge in [0.1, 0.15) is 0 Å². The van der Waals surface area contributed by atoms with Crippen molar-refractivity contribution in [2.24, 2.45) is 0 Å². The van der Waals surface area contributed by atoms with E-state index in [0.717, 1.165) is 12.1 Å². The Bertz CT molecular complexity index is 424. The Kier molecular flexibility index (Phi) is 3.75. The number of halogens is 4. The van der Waals surface area contributed by atoms with E-state index < -0.39 is 29.4 Å². The maximum absolute atomic E-state index is 13.6. The Balaban J connectivity index is 3.15. The highest BCUT2D eigenvalue weighted by Gasteiger charge is 2.41. The summed E-state index contributed by atoms with van der Waals surface area (Å²) in [4.78, 5) is 10.9. The van der Waals surface area contributed by atoms with Gasteiger partial charge in [0.15, 0.2) is 11.6 Å². The van der Waals surface area contributed by atoms with Crippen LogP contribution in [0.2, 0.25) is 0 Å². The average molecular weight is 250 g/mol. The number of ether oxygens (including phenoxy) is 1. The second-order valence-electron chi connectivity index (χ2n) is 3.61. The predicted octanol–water partition coefficient (Wildman–Crippen LogP) is 3.36. The number of alkyl halides is 3. The molecule has 0 saturated heterocycles. The molecule has 0 bridgehead atoms. The first kappa shape index (κ1) is 13.5. The van der Waals surface area contributed by atoms with Gasteiger partial charge in [-0.15, -0.1) is 0 Å². The highest BCUT2D eigenvalue weighted by molar-refractivity contribution is 6.00. The highest BCUT2D eigenvalue weighted by Crippen LogP contribution is 2.27. The summed E-state index contributed by atoms with van der Waals surface area (Å²) in [6.45, 7) is 3.19. The molecule has 0 aromatic heterocycles. The van der Waals surface area contributed by atoms with E-state index in [1.165, 1.54) is 6.07 Å². The van der Waals surface area contributed by atoms with Crippen molar-refractivity contribution in [1.29, 1.82) is 0 Å². The fourth-order valence-electron chi connectivity index (χ4n) is 1.18. The van der Waals surface area contributed by atoms with Gasteiger partial charge in [-0.1, -0.05) is 6.07 Å². The van der Waals surface area contributed by atoms with Gasteiger partial charge in [0.25, 0.3) is 5.78 Å². The van der Waals surface area contributed by atoms with Crippen LogP contribution in [-0.2, 0) is 0 Å². The fourth-order valence-corrected chi connectivity index (χ4v) is 1.18. The Morgan fingerprint density at radius 1 is 1.29 bits per heavy atom. The first-order chi connectivity index (χ1) is 7.73. The highest BCUT2D eigenvalue weighted by atomic mass is 19.4. The number of rotatable bonds is 3. The lowest BCUT2D eigenvalue weighted by Gasteiger charge is -2.12. The van der Waals surface area contributed by atoms with Crippen LogP contribution < -0.4 is 4.74 Å². The number of ketones is 1. The molecule has 0 aliphatic carbocycles. The molecule has 1 aromatic carbocycles. The summed E-state index contributed by atoms with van der Waals surface area (Å²) in [7, 11) is 0. The fraction of sp³-hybridized carbons (Fsp3) is 0.364. The van der Waals surface area contributed by atoms with Crippen molar-refractivity contribution in [2.45, 2.75) is 26.1 Å². The molecule has 17 heavy (non-hydrogen) atoms. The van der Waals surface area contributed by atoms with E-state index in [9.17, 15) is 22.4 Å². The van der Waals surface area contributed by atoms with Crippen LogP contribution in [0.25, 0.3) is 0 Å². The summed E-state index contributed by atoms with van der Waals surface area (Å²) in [5.74, 6) is -3.87. The zero-order valence-electron chi connectivity index (χ0n) is 9.14. The molecule has 0 unspecified atom stereocenters. The average Bonchev–Trinajstić information content (AvgIpc) is 2.18. The van der Waals surface area contributed by atoms with Crippen molar-refractivity contribution in [2.75, 3.05) is 0 Å². The summed E-state index contributed by atoms with van der Waals surface area (Å²) in [6, 6.07) is 3.08. The Labute approximate surface area is 95.2 Å². The summed E-state index contributed by atoms with van der Waals surface area (Å²) in [5.41, 5.74) is -1.03. The molecule has 0 radical (unpaired) electrons. The molecule has 1 rings (SSSR count). The van der Waals surface area contributed by atoms with E-state index in [1.807, 2.05) is 0 Å². The SMILES string of the molecule is CC(C)Oc1cccc(C(=O)C(F)(F)F)c1F. The monoisotopic (exact) mass is 250 g/mol. The minimum Gasteiger partial charge on any atom is -0.488 e. The lowest BCUT2D eigenvalue weighted by molar-refractivity contribution is -0.0887. The summed E-state index contributed by atoms with van der Waals surface area (Å²) >= 11 is 0. The largest absolute Gasteiger partial charge is 0.488 e. The number of hydrogen-bond donors (Lipinski definition) is 0. The standard InChI is InChI=1S/C11H10F4O2/c1-6(2)17-8-5-3-4-7(9(8)12)10(16)11(13,14)15/h3-6H,1-2H3. The molecule has 6 heteroatoms. The van der Waals surface area contributed by atoms with E-state index in [-0.39, 0.29) is 5.75 Å². The molecular formula is C11H10F4O2. The van der Waals surface area contributed by atoms with Gasteiger partial charge in [0.05, 0.1) is 11.7 Å². The molecule has 0 amide bonds. The second-order valence-corrected chi connectivity index (χ2v) is 3.61. The van der Waals surface area contributed by atoms with Gasteiger partial charge in [-0.3, -0.25) is 4.79 Å². The number of carbonyl (C=O) groups is 1. The maximum Gasteiger partial charge on any atom is 0.454 e. The molecule has 0 aliphatic rings. The van der Waals surface area contributed by atoms with Gasteiger partial charge in [-0.2, -0.15) is 13.2 Å². The van der Waals surface area contributed by atoms with Crippen molar-refractivity contribution in [1.82, 2.24) is 0 Å². The molecule has 0 heterocycles. The van der Waals surface area contributed by atoms with Crippen LogP contribution in [0.3, 0.4) is 0 Å². The third-order valence-electron chi connectivity index (χ3n) is 1.83. The van der Waals surface area contributed by atoms with Crippen molar-refractivity contribution < 1.29 is 27.1 Å². The van der Waals surface area contributed by atoms with Crippen LogP contribution in [0, 0.1) is 5.82 Å². The summed E-state index contributed by atoms with van der Waals surface area (Å²) in [6.07, 6.45) is -5.50. The molecular weight excluding hydrogens is 240 g/mol. The molecule has 0 saturated carbocycles. The number of Topliss-reactive ketones (excluding diaryl/α,β-unsaturated/α-hetero) is 1. The molecule has 0 fully saturated rings. The number of carbonyl (C=O) groups excluding carboxylic acids is 1. The van der Waals surface area contributed by atoms with Crippen LogP contribution in [0.15, 0.2) is 18.2 Å². The molecule has 0 N–H and O–H groups in total. The van der Waals surface area contributed by atoms with Crippen LogP contribution in [0.5, 0.6) is 5.75 Å². The summed E-state index contributed by atoms with van der Waals surface area (Å²) in [5, 5.41) is 0. The van der Waals surface area contributed by atoms with E-state index >= 15 is 0 Å². The molecule has 0 aliphatic heterocycles. The third kappa shape index (κ3) is 3.18. The molecule has 2 nitrogen and oxygen atoms in total. The first-order valence-electron chi connectivity index (χ1n) is 4.80. The predicted molar refractivity (Wildman–Crippen MR) is 52.5 cm³/mol. The Hall–Kier alpha value is -1.59. The normalized spacial score (nSPS) is 11.7. The van der Waals surface area contributed by atoms with Crippen LogP contribution >= 0.6 is 0 Å². The Morgan fingerprint density at radius 2 is 1.88 bits per heavy atom. The zero-order valence-corrected chi connectivity index (χ0v) is 9.14. The van der Waals surface area contributed by atoms with E-state index in [1.54, 1.807) is 13.8 Å². The van der Waals surface area contributed by atoms with E-state index in [0.29, 0.717) is 0 Å². The maximum atomic E-state index is 13.6. The molecule has 0 atom stereocenters. The van der Waals surface area contributed by atoms with Gasteiger partial charge in [-0.25, -0.2) is 4.39 Å².